The molecule has 1 N–H and O–H groups in total. The fourth-order valence-electron chi connectivity index (χ4n) is 2.76. The number of methoxy groups -OCH3 is 1. The third-order valence-electron chi connectivity index (χ3n) is 3.81. The maximum absolute atomic E-state index is 14.2. The lowest BCUT2D eigenvalue weighted by atomic mass is 10.1. The van der Waals surface area contributed by atoms with Gasteiger partial charge in [0.25, 0.3) is 0 Å². The number of halogens is 1. The molecule has 6 heteroatoms. The minimum atomic E-state index is -0.338. The summed E-state index contributed by atoms with van der Waals surface area (Å²) < 4.78 is 21.3. The average Bonchev–Trinajstić information content (AvgIpc) is 2.92. The molecule has 112 valence electrons. The summed E-state index contributed by atoms with van der Waals surface area (Å²) >= 11 is 0. The van der Waals surface area contributed by atoms with Crippen LogP contribution in [-0.4, -0.2) is 28.4 Å². The Morgan fingerprint density at radius 3 is 3.00 bits per heavy atom. The number of ether oxygens (including phenoxy) is 1. The molecule has 2 aromatic rings. The van der Waals surface area contributed by atoms with Crippen LogP contribution in [0.1, 0.15) is 31.6 Å². The minimum Gasteiger partial charge on any atom is -0.497 e. The second kappa shape index (κ2) is 5.81. The van der Waals surface area contributed by atoms with E-state index < -0.39 is 0 Å². The zero-order valence-corrected chi connectivity index (χ0v) is 12.3. The molecular formula is C15H19FN4O. The lowest BCUT2D eigenvalue weighted by Crippen LogP contribution is -2.33. The molecule has 1 atom stereocenters. The van der Waals surface area contributed by atoms with E-state index in [4.69, 9.17) is 4.74 Å². The predicted octanol–water partition coefficient (Wildman–Crippen LogP) is 2.54. The summed E-state index contributed by atoms with van der Waals surface area (Å²) in [6.45, 7) is 3.74. The summed E-state index contributed by atoms with van der Waals surface area (Å²) in [5.74, 6) is 1.65. The van der Waals surface area contributed by atoms with Gasteiger partial charge in [0, 0.05) is 19.2 Å². The molecule has 0 aliphatic carbocycles. The number of nitrogens with zero attached hydrogens (tertiary/aromatic N) is 3. The maximum atomic E-state index is 14.2. The van der Waals surface area contributed by atoms with Crippen molar-refractivity contribution in [1.29, 1.82) is 0 Å². The first kappa shape index (κ1) is 14.0. The summed E-state index contributed by atoms with van der Waals surface area (Å²) in [5.41, 5.74) is 0.465. The molecule has 1 aromatic heterocycles. The molecule has 1 aliphatic heterocycles. The first-order valence-electron chi connectivity index (χ1n) is 7.25. The number of nitrogens with one attached hydrogen (secondary N) is 1. The molecule has 0 radical (unpaired) electrons. The molecule has 5 nitrogen and oxygen atoms in total. The van der Waals surface area contributed by atoms with E-state index in [0.29, 0.717) is 17.1 Å². The van der Waals surface area contributed by atoms with E-state index in [9.17, 15) is 4.39 Å². The molecular weight excluding hydrogens is 271 g/mol. The average molecular weight is 290 g/mol. The van der Waals surface area contributed by atoms with Gasteiger partial charge >= 0.3 is 0 Å². The lowest BCUT2D eigenvalue weighted by Gasteiger charge is -2.24. The van der Waals surface area contributed by atoms with Crippen LogP contribution in [0.4, 0.5) is 4.39 Å². The Bertz CT molecular complexity index is 641. The Labute approximate surface area is 123 Å². The number of benzene rings is 1. The van der Waals surface area contributed by atoms with Gasteiger partial charge in [-0.1, -0.05) is 13.3 Å². The van der Waals surface area contributed by atoms with E-state index in [1.165, 1.54) is 13.2 Å². The third kappa shape index (κ3) is 2.51. The summed E-state index contributed by atoms with van der Waals surface area (Å²) in [4.78, 5) is 0. The number of fused-ring (bicyclic) bond motifs is 1. The van der Waals surface area contributed by atoms with Crippen molar-refractivity contribution >= 4 is 0 Å². The first-order valence-corrected chi connectivity index (χ1v) is 7.25. The number of aromatic nitrogens is 3. The van der Waals surface area contributed by atoms with E-state index in [0.717, 1.165) is 31.8 Å². The Morgan fingerprint density at radius 2 is 2.29 bits per heavy atom. The second-order valence-electron chi connectivity index (χ2n) is 5.17. The largest absolute Gasteiger partial charge is 0.497 e. The van der Waals surface area contributed by atoms with Crippen molar-refractivity contribution in [1.82, 2.24) is 20.1 Å². The highest BCUT2D eigenvalue weighted by molar-refractivity contribution is 5.58. The monoisotopic (exact) mass is 290 g/mol. The highest BCUT2D eigenvalue weighted by atomic mass is 19.1. The number of rotatable bonds is 4. The molecule has 1 unspecified atom stereocenters. The van der Waals surface area contributed by atoms with Gasteiger partial charge in [-0.25, -0.2) is 4.39 Å². The van der Waals surface area contributed by atoms with E-state index in [1.807, 2.05) is 4.57 Å². The van der Waals surface area contributed by atoms with Gasteiger partial charge in [0.15, 0.2) is 11.6 Å². The van der Waals surface area contributed by atoms with Crippen LogP contribution in [0.15, 0.2) is 18.2 Å². The van der Waals surface area contributed by atoms with Gasteiger partial charge in [0.1, 0.15) is 11.6 Å². The molecule has 1 aliphatic rings. The van der Waals surface area contributed by atoms with E-state index in [-0.39, 0.29) is 11.9 Å². The van der Waals surface area contributed by atoms with Crippen LogP contribution < -0.4 is 10.1 Å². The van der Waals surface area contributed by atoms with Gasteiger partial charge in [0.2, 0.25) is 0 Å². The first-order chi connectivity index (χ1) is 10.2. The van der Waals surface area contributed by atoms with Gasteiger partial charge in [-0.15, -0.1) is 10.2 Å². The minimum absolute atomic E-state index is 0.200. The fraction of sp³-hybridized carbons (Fsp3) is 0.467. The number of hydrogen-bond donors (Lipinski definition) is 1. The quantitative estimate of drug-likeness (QED) is 0.940. The van der Waals surface area contributed by atoms with E-state index in [1.54, 1.807) is 12.1 Å². The fourth-order valence-corrected chi connectivity index (χ4v) is 2.76. The molecule has 0 saturated heterocycles. The third-order valence-corrected chi connectivity index (χ3v) is 3.81. The van der Waals surface area contributed by atoms with Gasteiger partial charge in [-0.2, -0.15) is 0 Å². The summed E-state index contributed by atoms with van der Waals surface area (Å²) in [6, 6.07) is 5.01. The smallest absolute Gasteiger partial charge is 0.167 e. The molecule has 0 amide bonds. The van der Waals surface area contributed by atoms with Crippen LogP contribution in [0.3, 0.4) is 0 Å². The van der Waals surface area contributed by atoms with E-state index in [2.05, 4.69) is 22.4 Å². The van der Waals surface area contributed by atoms with E-state index >= 15 is 0 Å². The molecule has 0 saturated carbocycles. The zero-order chi connectivity index (χ0) is 14.8. The van der Waals surface area contributed by atoms with Gasteiger partial charge in [0.05, 0.1) is 18.7 Å². The summed E-state index contributed by atoms with van der Waals surface area (Å²) in [7, 11) is 1.52. The molecule has 2 heterocycles. The van der Waals surface area contributed by atoms with Crippen molar-refractivity contribution < 1.29 is 9.13 Å². The van der Waals surface area contributed by atoms with Crippen LogP contribution in [0.25, 0.3) is 11.4 Å². The normalized spacial score (nSPS) is 17.6. The van der Waals surface area contributed by atoms with Crippen molar-refractivity contribution in [3.63, 3.8) is 0 Å². The van der Waals surface area contributed by atoms with Crippen LogP contribution in [-0.2, 0) is 6.54 Å². The second-order valence-corrected chi connectivity index (χ2v) is 5.17. The molecule has 0 spiro atoms. The van der Waals surface area contributed by atoms with Crippen LogP contribution >= 0.6 is 0 Å². The zero-order valence-electron chi connectivity index (χ0n) is 12.3. The molecule has 1 aromatic carbocycles. The standard InChI is InChI=1S/C15H19FN4O/c1-3-4-13-15-19-18-14(20(15)8-7-17-13)11-6-5-10(21-2)9-12(11)16/h5-6,9,13,17H,3-4,7-8H2,1-2H3. The SMILES string of the molecule is CCCC1NCCn2c(-c3ccc(OC)cc3F)nnc21. The molecule has 0 bridgehead atoms. The Kier molecular flexibility index (Phi) is 3.88. The summed E-state index contributed by atoms with van der Waals surface area (Å²) in [6.07, 6.45) is 2.07. The molecule has 21 heavy (non-hydrogen) atoms. The van der Waals surface area contributed by atoms with Crippen LogP contribution in [0.5, 0.6) is 5.75 Å². The van der Waals surface area contributed by atoms with Crippen molar-refractivity contribution in [2.45, 2.75) is 32.4 Å². The maximum Gasteiger partial charge on any atom is 0.167 e. The Hall–Kier alpha value is -1.95. The van der Waals surface area contributed by atoms with Gasteiger partial charge < -0.3 is 14.6 Å². The van der Waals surface area contributed by atoms with Crippen molar-refractivity contribution in [2.75, 3.05) is 13.7 Å². The highest BCUT2D eigenvalue weighted by Crippen LogP contribution is 2.29. The van der Waals surface area contributed by atoms with Gasteiger partial charge in [-0.3, -0.25) is 0 Å². The Morgan fingerprint density at radius 1 is 1.43 bits per heavy atom. The van der Waals surface area contributed by atoms with Crippen LogP contribution in [0.2, 0.25) is 0 Å². The van der Waals surface area contributed by atoms with Crippen molar-refractivity contribution in [3.8, 4) is 17.1 Å². The Balaban J connectivity index is 2.01. The van der Waals surface area contributed by atoms with Crippen LogP contribution in [0, 0.1) is 5.82 Å². The predicted molar refractivity (Wildman–Crippen MR) is 77.6 cm³/mol. The van der Waals surface area contributed by atoms with Gasteiger partial charge in [-0.05, 0) is 18.6 Å². The lowest BCUT2D eigenvalue weighted by molar-refractivity contribution is 0.394. The van der Waals surface area contributed by atoms with Crippen molar-refractivity contribution in [3.05, 3.63) is 29.8 Å². The summed E-state index contributed by atoms with van der Waals surface area (Å²) in [5, 5.41) is 11.9. The molecule has 3 rings (SSSR count). The molecule has 0 fully saturated rings. The highest BCUT2D eigenvalue weighted by Gasteiger charge is 2.25. The topological polar surface area (TPSA) is 52.0 Å². The number of hydrogen-bond acceptors (Lipinski definition) is 4. The van der Waals surface area contributed by atoms with Crippen molar-refractivity contribution in [2.24, 2.45) is 0 Å².